The molecule has 0 N–H and O–H groups in total. The number of rotatable bonds is 1. The van der Waals surface area contributed by atoms with Gasteiger partial charge in [0, 0.05) is 25.7 Å². The lowest BCUT2D eigenvalue weighted by Crippen LogP contribution is -2.65. The summed E-state index contributed by atoms with van der Waals surface area (Å²) in [5.74, 6) is 0. The van der Waals surface area contributed by atoms with Gasteiger partial charge in [0.15, 0.2) is 0 Å². The summed E-state index contributed by atoms with van der Waals surface area (Å²) in [6.45, 7) is 11.9. The van der Waals surface area contributed by atoms with Gasteiger partial charge in [0.25, 0.3) is 0 Å². The maximum atomic E-state index is 5.84. The van der Waals surface area contributed by atoms with Crippen molar-refractivity contribution in [3.8, 4) is 0 Å². The Morgan fingerprint density at radius 2 is 1.79 bits per heavy atom. The first-order chi connectivity index (χ1) is 6.72. The molecule has 2 heterocycles. The Bertz CT molecular complexity index is 154. The Balaban J connectivity index is 0.000000461. The molecule has 0 bridgehead atoms. The second-order valence-corrected chi connectivity index (χ2v) is 4.49. The molecule has 2 nitrogen and oxygen atoms in total. The van der Waals surface area contributed by atoms with Crippen LogP contribution in [0.4, 0.5) is 0 Å². The van der Waals surface area contributed by atoms with Crippen LogP contribution >= 0.6 is 0 Å². The molecule has 2 heteroatoms. The van der Waals surface area contributed by atoms with Crippen LogP contribution in [0.3, 0.4) is 0 Å². The zero-order valence-electron chi connectivity index (χ0n) is 10.2. The van der Waals surface area contributed by atoms with E-state index in [-0.39, 0.29) is 5.60 Å². The molecular weight excluding hydrogens is 174 g/mol. The van der Waals surface area contributed by atoms with Gasteiger partial charge < -0.3 is 4.74 Å². The summed E-state index contributed by atoms with van der Waals surface area (Å²) in [4.78, 5) is 2.49. The lowest BCUT2D eigenvalue weighted by molar-refractivity contribution is -0.173. The van der Waals surface area contributed by atoms with E-state index in [4.69, 9.17) is 4.74 Å². The second kappa shape index (κ2) is 5.13. The molecule has 1 spiro atoms. The molecule has 0 amide bonds. The molecule has 2 saturated heterocycles. The molecule has 0 unspecified atom stereocenters. The van der Waals surface area contributed by atoms with Gasteiger partial charge in [-0.1, -0.05) is 13.8 Å². The van der Waals surface area contributed by atoms with Crippen LogP contribution in [0.15, 0.2) is 0 Å². The lowest BCUT2D eigenvalue weighted by Gasteiger charge is -2.53. The van der Waals surface area contributed by atoms with E-state index in [1.54, 1.807) is 0 Å². The predicted octanol–water partition coefficient (Wildman–Crippen LogP) is 2.68. The quantitative estimate of drug-likeness (QED) is 0.644. The van der Waals surface area contributed by atoms with Gasteiger partial charge in [-0.15, -0.1) is 0 Å². The first kappa shape index (κ1) is 12.0. The molecule has 0 aromatic carbocycles. The van der Waals surface area contributed by atoms with Crippen molar-refractivity contribution < 1.29 is 4.74 Å². The van der Waals surface area contributed by atoms with Crippen LogP contribution in [0.1, 0.15) is 47.0 Å². The molecule has 2 fully saturated rings. The van der Waals surface area contributed by atoms with Gasteiger partial charge in [0.1, 0.15) is 0 Å². The highest BCUT2D eigenvalue weighted by molar-refractivity contribution is 4.99. The highest BCUT2D eigenvalue weighted by Crippen LogP contribution is 2.34. The third kappa shape index (κ3) is 2.48. The summed E-state index contributed by atoms with van der Waals surface area (Å²) < 4.78 is 5.84. The zero-order chi connectivity index (χ0) is 10.6. The molecule has 2 aliphatic heterocycles. The number of hydrogen-bond acceptors (Lipinski definition) is 2. The number of hydrogen-bond donors (Lipinski definition) is 0. The van der Waals surface area contributed by atoms with Crippen LogP contribution in [0.2, 0.25) is 0 Å². The van der Waals surface area contributed by atoms with Crippen molar-refractivity contribution in [2.75, 3.05) is 19.7 Å². The summed E-state index contributed by atoms with van der Waals surface area (Å²) >= 11 is 0. The molecule has 14 heavy (non-hydrogen) atoms. The van der Waals surface area contributed by atoms with Gasteiger partial charge in [-0.05, 0) is 33.1 Å². The summed E-state index contributed by atoms with van der Waals surface area (Å²) in [6.07, 6.45) is 3.92. The lowest BCUT2D eigenvalue weighted by atomic mass is 9.85. The standard InChI is InChI=1S/C10H19NO.C2H6/c1-9(2)11-7-10(8-11)5-3-4-6-12-10;1-2/h9H,3-8H2,1-2H3;1-2H3. The van der Waals surface area contributed by atoms with Crippen molar-refractivity contribution in [1.82, 2.24) is 4.90 Å². The Hall–Kier alpha value is -0.0800. The summed E-state index contributed by atoms with van der Waals surface area (Å²) in [6, 6.07) is 0.696. The molecule has 0 aromatic heterocycles. The van der Waals surface area contributed by atoms with Crippen LogP contribution in [-0.2, 0) is 4.74 Å². The fourth-order valence-electron chi connectivity index (χ4n) is 2.22. The Kier molecular flexibility index (Phi) is 4.39. The minimum absolute atomic E-state index is 0.280. The van der Waals surface area contributed by atoms with E-state index >= 15 is 0 Å². The molecule has 84 valence electrons. The van der Waals surface area contributed by atoms with Crippen LogP contribution < -0.4 is 0 Å². The molecule has 0 atom stereocenters. The summed E-state index contributed by atoms with van der Waals surface area (Å²) in [5.41, 5.74) is 0.280. The van der Waals surface area contributed by atoms with E-state index < -0.39 is 0 Å². The van der Waals surface area contributed by atoms with E-state index in [1.807, 2.05) is 13.8 Å². The molecule has 2 aliphatic rings. The Labute approximate surface area is 88.6 Å². The van der Waals surface area contributed by atoms with E-state index in [2.05, 4.69) is 18.7 Å². The maximum Gasteiger partial charge on any atom is 0.0935 e. The SMILES string of the molecule is CC.CC(C)N1CC2(CCCCO2)C1. The molecule has 2 rings (SSSR count). The largest absolute Gasteiger partial charge is 0.372 e. The highest BCUT2D eigenvalue weighted by Gasteiger charge is 2.45. The van der Waals surface area contributed by atoms with Crippen molar-refractivity contribution in [3.05, 3.63) is 0 Å². The van der Waals surface area contributed by atoms with Crippen molar-refractivity contribution >= 4 is 0 Å². The fourth-order valence-corrected chi connectivity index (χ4v) is 2.22. The van der Waals surface area contributed by atoms with Crippen LogP contribution in [0.5, 0.6) is 0 Å². The van der Waals surface area contributed by atoms with E-state index in [0.29, 0.717) is 6.04 Å². The van der Waals surface area contributed by atoms with E-state index in [1.165, 1.54) is 32.4 Å². The van der Waals surface area contributed by atoms with Crippen LogP contribution in [0, 0.1) is 0 Å². The van der Waals surface area contributed by atoms with Gasteiger partial charge in [-0.3, -0.25) is 4.90 Å². The van der Waals surface area contributed by atoms with Gasteiger partial charge in [-0.2, -0.15) is 0 Å². The predicted molar refractivity (Wildman–Crippen MR) is 60.6 cm³/mol. The molecule has 0 aliphatic carbocycles. The summed E-state index contributed by atoms with van der Waals surface area (Å²) in [7, 11) is 0. The first-order valence-corrected chi connectivity index (χ1v) is 6.10. The van der Waals surface area contributed by atoms with E-state index in [9.17, 15) is 0 Å². The Morgan fingerprint density at radius 1 is 1.14 bits per heavy atom. The minimum atomic E-state index is 0.280. The summed E-state index contributed by atoms with van der Waals surface area (Å²) in [5, 5.41) is 0. The minimum Gasteiger partial charge on any atom is -0.372 e. The zero-order valence-corrected chi connectivity index (χ0v) is 10.2. The highest BCUT2D eigenvalue weighted by atomic mass is 16.5. The van der Waals surface area contributed by atoms with Crippen molar-refractivity contribution in [3.63, 3.8) is 0 Å². The van der Waals surface area contributed by atoms with Crippen LogP contribution in [-0.4, -0.2) is 36.2 Å². The van der Waals surface area contributed by atoms with Crippen molar-refractivity contribution in [2.24, 2.45) is 0 Å². The average molecular weight is 199 g/mol. The van der Waals surface area contributed by atoms with E-state index in [0.717, 1.165) is 6.61 Å². The first-order valence-electron chi connectivity index (χ1n) is 6.10. The van der Waals surface area contributed by atoms with Crippen molar-refractivity contribution in [2.45, 2.75) is 58.6 Å². The van der Waals surface area contributed by atoms with Crippen molar-refractivity contribution in [1.29, 1.82) is 0 Å². The Morgan fingerprint density at radius 3 is 2.21 bits per heavy atom. The van der Waals surface area contributed by atoms with Gasteiger partial charge >= 0.3 is 0 Å². The topological polar surface area (TPSA) is 12.5 Å². The van der Waals surface area contributed by atoms with Crippen LogP contribution in [0.25, 0.3) is 0 Å². The number of nitrogens with zero attached hydrogens (tertiary/aromatic N) is 1. The third-order valence-electron chi connectivity index (χ3n) is 3.15. The third-order valence-corrected chi connectivity index (χ3v) is 3.15. The molecule has 0 saturated carbocycles. The average Bonchev–Trinajstić information content (AvgIpc) is 2.18. The number of ether oxygens (including phenoxy) is 1. The van der Waals surface area contributed by atoms with Gasteiger partial charge in [0.05, 0.1) is 5.60 Å². The molecular formula is C12H25NO. The van der Waals surface area contributed by atoms with Gasteiger partial charge in [-0.25, -0.2) is 0 Å². The monoisotopic (exact) mass is 199 g/mol. The maximum absolute atomic E-state index is 5.84. The smallest absolute Gasteiger partial charge is 0.0935 e. The normalized spacial score (nSPS) is 25.5. The van der Waals surface area contributed by atoms with Gasteiger partial charge in [0.2, 0.25) is 0 Å². The second-order valence-electron chi connectivity index (χ2n) is 4.49. The number of likely N-dealkylation sites (tertiary alicyclic amines) is 1. The fraction of sp³-hybridized carbons (Fsp3) is 1.00. The molecule has 0 radical (unpaired) electrons. The molecule has 0 aromatic rings.